The summed E-state index contributed by atoms with van der Waals surface area (Å²) < 4.78 is 0. The fraction of sp³-hybridized carbons (Fsp3) is 0.200. The molecule has 0 aliphatic heterocycles. The van der Waals surface area contributed by atoms with Crippen molar-refractivity contribution in [2.45, 2.75) is 19.4 Å². The first-order chi connectivity index (χ1) is 8.81. The third kappa shape index (κ3) is 2.94. The molecule has 1 atom stereocenters. The van der Waals surface area contributed by atoms with Gasteiger partial charge in [-0.25, -0.2) is 0 Å². The highest BCUT2D eigenvalue weighted by atomic mass is 16.1. The van der Waals surface area contributed by atoms with Gasteiger partial charge in [-0.2, -0.15) is 0 Å². The SMILES string of the molecule is CC[C@H](NC(=O)c1ccncc1)c1ccccc1. The maximum atomic E-state index is 12.0. The third-order valence-electron chi connectivity index (χ3n) is 2.86. The molecule has 3 heteroatoms. The molecule has 0 saturated heterocycles. The molecule has 0 aliphatic rings. The van der Waals surface area contributed by atoms with Gasteiger partial charge in [-0.15, -0.1) is 0 Å². The van der Waals surface area contributed by atoms with E-state index in [4.69, 9.17) is 0 Å². The zero-order valence-corrected chi connectivity index (χ0v) is 10.3. The van der Waals surface area contributed by atoms with Gasteiger partial charge in [-0.1, -0.05) is 37.3 Å². The zero-order valence-electron chi connectivity index (χ0n) is 10.3. The Kier molecular flexibility index (Phi) is 4.07. The predicted octanol–water partition coefficient (Wildman–Crippen LogP) is 2.96. The van der Waals surface area contributed by atoms with E-state index in [0.29, 0.717) is 5.56 Å². The Morgan fingerprint density at radius 2 is 1.83 bits per heavy atom. The minimum absolute atomic E-state index is 0.0480. The molecule has 1 aromatic carbocycles. The normalized spacial score (nSPS) is 11.8. The Morgan fingerprint density at radius 3 is 2.44 bits per heavy atom. The number of nitrogens with zero attached hydrogens (tertiary/aromatic N) is 1. The van der Waals surface area contributed by atoms with Crippen molar-refractivity contribution < 1.29 is 4.79 Å². The van der Waals surface area contributed by atoms with Crippen LogP contribution in [0, 0.1) is 0 Å². The maximum absolute atomic E-state index is 12.0. The average Bonchev–Trinajstić information content (AvgIpc) is 2.46. The standard InChI is InChI=1S/C15H16N2O/c1-2-14(12-6-4-3-5-7-12)17-15(18)13-8-10-16-11-9-13/h3-11,14H,2H2,1H3,(H,17,18)/t14-/m0/s1. The maximum Gasteiger partial charge on any atom is 0.251 e. The highest BCUT2D eigenvalue weighted by molar-refractivity contribution is 5.94. The first kappa shape index (κ1) is 12.3. The number of amides is 1. The van der Waals surface area contributed by atoms with Crippen LogP contribution in [0.1, 0.15) is 35.3 Å². The van der Waals surface area contributed by atoms with E-state index in [1.807, 2.05) is 30.3 Å². The summed E-state index contributed by atoms with van der Waals surface area (Å²) in [5.74, 6) is -0.0619. The van der Waals surface area contributed by atoms with Crippen LogP contribution in [0.4, 0.5) is 0 Å². The third-order valence-corrected chi connectivity index (χ3v) is 2.86. The van der Waals surface area contributed by atoms with E-state index in [9.17, 15) is 4.79 Å². The molecule has 18 heavy (non-hydrogen) atoms. The number of pyridine rings is 1. The molecule has 2 aromatic rings. The van der Waals surface area contributed by atoms with Crippen molar-refractivity contribution in [3.8, 4) is 0 Å². The van der Waals surface area contributed by atoms with E-state index in [1.165, 1.54) is 0 Å². The summed E-state index contributed by atoms with van der Waals surface area (Å²) in [5.41, 5.74) is 1.77. The summed E-state index contributed by atoms with van der Waals surface area (Å²) in [6, 6.07) is 13.5. The molecular weight excluding hydrogens is 224 g/mol. The Labute approximate surface area is 107 Å². The second kappa shape index (κ2) is 5.96. The monoisotopic (exact) mass is 240 g/mol. The molecule has 0 spiro atoms. The van der Waals surface area contributed by atoms with Crippen molar-refractivity contribution in [1.29, 1.82) is 0 Å². The highest BCUT2D eigenvalue weighted by Gasteiger charge is 2.13. The number of aromatic nitrogens is 1. The van der Waals surface area contributed by atoms with Crippen LogP contribution in [0.2, 0.25) is 0 Å². The molecule has 0 bridgehead atoms. The number of hydrogen-bond donors (Lipinski definition) is 1. The summed E-state index contributed by atoms with van der Waals surface area (Å²) in [6.07, 6.45) is 4.11. The molecule has 0 radical (unpaired) electrons. The second-order valence-corrected chi connectivity index (χ2v) is 4.08. The van der Waals surface area contributed by atoms with Crippen molar-refractivity contribution in [2.24, 2.45) is 0 Å². The predicted molar refractivity (Wildman–Crippen MR) is 71.2 cm³/mol. The molecule has 92 valence electrons. The molecule has 1 heterocycles. The lowest BCUT2D eigenvalue weighted by molar-refractivity contribution is 0.0935. The summed E-state index contributed by atoms with van der Waals surface area (Å²) >= 11 is 0. The summed E-state index contributed by atoms with van der Waals surface area (Å²) in [6.45, 7) is 2.06. The fourth-order valence-electron chi connectivity index (χ4n) is 1.85. The van der Waals surface area contributed by atoms with E-state index in [1.54, 1.807) is 24.5 Å². The van der Waals surface area contributed by atoms with E-state index in [2.05, 4.69) is 17.2 Å². The molecule has 0 saturated carbocycles. The van der Waals surface area contributed by atoms with Gasteiger partial charge in [-0.05, 0) is 24.1 Å². The molecule has 1 N–H and O–H groups in total. The molecule has 0 unspecified atom stereocenters. The van der Waals surface area contributed by atoms with E-state index >= 15 is 0 Å². The van der Waals surface area contributed by atoms with Gasteiger partial charge in [0, 0.05) is 18.0 Å². The van der Waals surface area contributed by atoms with Gasteiger partial charge in [0.05, 0.1) is 6.04 Å². The molecular formula is C15H16N2O. The van der Waals surface area contributed by atoms with Gasteiger partial charge in [-0.3, -0.25) is 9.78 Å². The van der Waals surface area contributed by atoms with Crippen LogP contribution >= 0.6 is 0 Å². The Hall–Kier alpha value is -2.16. The Morgan fingerprint density at radius 1 is 1.17 bits per heavy atom. The summed E-state index contributed by atoms with van der Waals surface area (Å²) in [5, 5.41) is 3.03. The van der Waals surface area contributed by atoms with Crippen LogP contribution in [-0.4, -0.2) is 10.9 Å². The fourth-order valence-corrected chi connectivity index (χ4v) is 1.85. The van der Waals surface area contributed by atoms with Crippen molar-refractivity contribution in [1.82, 2.24) is 10.3 Å². The van der Waals surface area contributed by atoms with Gasteiger partial charge >= 0.3 is 0 Å². The van der Waals surface area contributed by atoms with Crippen molar-refractivity contribution in [3.05, 3.63) is 66.0 Å². The van der Waals surface area contributed by atoms with Gasteiger partial charge in [0.2, 0.25) is 0 Å². The van der Waals surface area contributed by atoms with Crippen molar-refractivity contribution in [3.63, 3.8) is 0 Å². The number of carbonyl (C=O) groups is 1. The van der Waals surface area contributed by atoms with Gasteiger partial charge < -0.3 is 5.32 Å². The number of hydrogen-bond acceptors (Lipinski definition) is 2. The first-order valence-corrected chi connectivity index (χ1v) is 6.07. The molecule has 3 nitrogen and oxygen atoms in total. The van der Waals surface area contributed by atoms with Crippen molar-refractivity contribution >= 4 is 5.91 Å². The molecule has 2 rings (SSSR count). The lowest BCUT2D eigenvalue weighted by Crippen LogP contribution is -2.28. The van der Waals surface area contributed by atoms with Crippen LogP contribution in [0.5, 0.6) is 0 Å². The van der Waals surface area contributed by atoms with E-state index in [0.717, 1.165) is 12.0 Å². The quantitative estimate of drug-likeness (QED) is 0.892. The van der Waals surface area contributed by atoms with Crippen LogP contribution in [0.15, 0.2) is 54.9 Å². The summed E-state index contributed by atoms with van der Waals surface area (Å²) in [7, 11) is 0. The average molecular weight is 240 g/mol. The largest absolute Gasteiger partial charge is 0.345 e. The first-order valence-electron chi connectivity index (χ1n) is 6.07. The number of benzene rings is 1. The number of rotatable bonds is 4. The second-order valence-electron chi connectivity index (χ2n) is 4.08. The van der Waals surface area contributed by atoms with Crippen LogP contribution in [0.3, 0.4) is 0 Å². The van der Waals surface area contributed by atoms with E-state index < -0.39 is 0 Å². The minimum atomic E-state index is -0.0619. The van der Waals surface area contributed by atoms with Gasteiger partial charge in [0.25, 0.3) is 5.91 Å². The Balaban J connectivity index is 2.10. The lowest BCUT2D eigenvalue weighted by atomic mass is 10.0. The van der Waals surface area contributed by atoms with Crippen LogP contribution < -0.4 is 5.32 Å². The van der Waals surface area contributed by atoms with Crippen LogP contribution in [0.25, 0.3) is 0 Å². The zero-order chi connectivity index (χ0) is 12.8. The van der Waals surface area contributed by atoms with Crippen LogP contribution in [-0.2, 0) is 0 Å². The van der Waals surface area contributed by atoms with Crippen molar-refractivity contribution in [2.75, 3.05) is 0 Å². The highest BCUT2D eigenvalue weighted by Crippen LogP contribution is 2.16. The molecule has 1 aromatic heterocycles. The number of carbonyl (C=O) groups excluding carboxylic acids is 1. The topological polar surface area (TPSA) is 42.0 Å². The number of nitrogens with one attached hydrogen (secondary N) is 1. The summed E-state index contributed by atoms with van der Waals surface area (Å²) in [4.78, 5) is 16.0. The lowest BCUT2D eigenvalue weighted by Gasteiger charge is -2.17. The van der Waals surface area contributed by atoms with E-state index in [-0.39, 0.29) is 11.9 Å². The van der Waals surface area contributed by atoms with Gasteiger partial charge in [0.15, 0.2) is 0 Å². The smallest absolute Gasteiger partial charge is 0.251 e. The minimum Gasteiger partial charge on any atom is -0.345 e. The Bertz CT molecular complexity index is 496. The van der Waals surface area contributed by atoms with Gasteiger partial charge in [0.1, 0.15) is 0 Å². The molecule has 0 aliphatic carbocycles. The molecule has 0 fully saturated rings. The molecule has 1 amide bonds.